The molecule has 3 aromatic rings. The van der Waals surface area contributed by atoms with Gasteiger partial charge in [-0.2, -0.15) is 13.2 Å². The number of amides is 2. The van der Waals surface area contributed by atoms with Crippen molar-refractivity contribution in [3.63, 3.8) is 0 Å². The molecule has 0 aliphatic rings. The van der Waals surface area contributed by atoms with Gasteiger partial charge in [-0.05, 0) is 30.3 Å². The number of alkyl halides is 3. The highest BCUT2D eigenvalue weighted by Gasteiger charge is 2.30. The molecule has 10 heteroatoms. The Bertz CT molecular complexity index is 1050. The SMILES string of the molecule is NC(=O)c1ccccc1NC(=O)Cc1csc(Nc2cccc(C(F)(F)F)c2)n1. The Hall–Kier alpha value is -3.40. The van der Waals surface area contributed by atoms with Crippen LogP contribution >= 0.6 is 11.3 Å². The van der Waals surface area contributed by atoms with Gasteiger partial charge < -0.3 is 16.4 Å². The molecule has 2 aromatic carbocycles. The predicted octanol–water partition coefficient (Wildman–Crippen LogP) is 4.19. The highest BCUT2D eigenvalue weighted by Crippen LogP contribution is 2.31. The third-order valence-corrected chi connectivity index (χ3v) is 4.61. The molecule has 150 valence electrons. The van der Waals surface area contributed by atoms with E-state index in [1.54, 1.807) is 23.6 Å². The van der Waals surface area contributed by atoms with Crippen LogP contribution in [0.5, 0.6) is 0 Å². The Morgan fingerprint density at radius 3 is 2.59 bits per heavy atom. The van der Waals surface area contributed by atoms with Crippen molar-refractivity contribution >= 4 is 39.7 Å². The van der Waals surface area contributed by atoms with E-state index in [4.69, 9.17) is 5.73 Å². The molecule has 4 N–H and O–H groups in total. The summed E-state index contributed by atoms with van der Waals surface area (Å²) < 4.78 is 38.4. The zero-order valence-corrected chi connectivity index (χ0v) is 15.6. The summed E-state index contributed by atoms with van der Waals surface area (Å²) in [4.78, 5) is 27.9. The number of rotatable bonds is 6. The first-order valence-electron chi connectivity index (χ1n) is 8.30. The molecule has 0 aliphatic heterocycles. The maximum atomic E-state index is 12.8. The Morgan fingerprint density at radius 1 is 1.10 bits per heavy atom. The number of nitrogens with one attached hydrogen (secondary N) is 2. The largest absolute Gasteiger partial charge is 0.416 e. The molecular formula is C19H15F3N4O2S. The zero-order chi connectivity index (χ0) is 21.0. The van der Waals surface area contributed by atoms with Gasteiger partial charge in [0.1, 0.15) is 0 Å². The average molecular weight is 420 g/mol. The number of halogens is 3. The summed E-state index contributed by atoms with van der Waals surface area (Å²) in [5.74, 6) is -1.07. The molecule has 0 aliphatic carbocycles. The van der Waals surface area contributed by atoms with Crippen molar-refractivity contribution < 1.29 is 22.8 Å². The standard InChI is InChI=1S/C19H15F3N4O2S/c20-19(21,22)11-4-3-5-12(8-11)24-18-25-13(10-29-18)9-16(27)26-15-7-2-1-6-14(15)17(23)28/h1-8,10H,9H2,(H2,23,28)(H,24,25)(H,26,27). The Morgan fingerprint density at radius 2 is 1.86 bits per heavy atom. The molecule has 1 heterocycles. The number of thiazole rings is 1. The average Bonchev–Trinajstić information content (AvgIpc) is 3.08. The molecular weight excluding hydrogens is 405 g/mol. The number of aromatic nitrogens is 1. The number of hydrogen-bond acceptors (Lipinski definition) is 5. The fraction of sp³-hybridized carbons (Fsp3) is 0.105. The molecule has 2 amide bonds. The number of carbonyl (C=O) groups excluding carboxylic acids is 2. The fourth-order valence-electron chi connectivity index (χ4n) is 2.51. The summed E-state index contributed by atoms with van der Waals surface area (Å²) in [6, 6.07) is 11.1. The highest BCUT2D eigenvalue weighted by atomic mass is 32.1. The minimum atomic E-state index is -4.44. The van der Waals surface area contributed by atoms with Crippen molar-refractivity contribution in [2.24, 2.45) is 5.73 Å². The van der Waals surface area contributed by atoms with E-state index in [1.807, 2.05) is 0 Å². The van der Waals surface area contributed by atoms with Gasteiger partial charge >= 0.3 is 6.18 Å². The van der Waals surface area contributed by atoms with E-state index in [0.29, 0.717) is 16.5 Å². The number of nitrogens with two attached hydrogens (primary N) is 1. The van der Waals surface area contributed by atoms with Crippen LogP contribution in [0, 0.1) is 0 Å². The molecule has 0 unspecified atom stereocenters. The van der Waals surface area contributed by atoms with Crippen LogP contribution in [0.15, 0.2) is 53.9 Å². The van der Waals surface area contributed by atoms with Crippen LogP contribution in [0.1, 0.15) is 21.6 Å². The fourth-order valence-corrected chi connectivity index (χ4v) is 3.24. The third kappa shape index (κ3) is 5.32. The van der Waals surface area contributed by atoms with E-state index in [0.717, 1.165) is 23.5 Å². The van der Waals surface area contributed by atoms with E-state index in [1.165, 1.54) is 18.2 Å². The lowest BCUT2D eigenvalue weighted by molar-refractivity contribution is -0.137. The number of benzene rings is 2. The minimum absolute atomic E-state index is 0.0755. The second-order valence-electron chi connectivity index (χ2n) is 5.98. The summed E-state index contributed by atoms with van der Waals surface area (Å²) in [6.45, 7) is 0. The normalized spacial score (nSPS) is 11.1. The highest BCUT2D eigenvalue weighted by molar-refractivity contribution is 7.13. The summed E-state index contributed by atoms with van der Waals surface area (Å²) in [7, 11) is 0. The van der Waals surface area contributed by atoms with Gasteiger partial charge in [0.2, 0.25) is 5.91 Å². The van der Waals surface area contributed by atoms with Crippen LogP contribution in [0.2, 0.25) is 0 Å². The van der Waals surface area contributed by atoms with E-state index in [-0.39, 0.29) is 17.7 Å². The van der Waals surface area contributed by atoms with Crippen LogP contribution in [-0.4, -0.2) is 16.8 Å². The Labute approximate surface area is 167 Å². The number of anilines is 3. The summed E-state index contributed by atoms with van der Waals surface area (Å²) in [5, 5.41) is 7.37. The van der Waals surface area contributed by atoms with Crippen molar-refractivity contribution in [3.05, 3.63) is 70.7 Å². The molecule has 0 saturated carbocycles. The first kappa shape index (κ1) is 20.3. The quantitative estimate of drug-likeness (QED) is 0.557. The number of primary amides is 1. The van der Waals surface area contributed by atoms with Gasteiger partial charge in [0.15, 0.2) is 5.13 Å². The van der Waals surface area contributed by atoms with Gasteiger partial charge in [-0.3, -0.25) is 9.59 Å². The zero-order valence-electron chi connectivity index (χ0n) is 14.8. The van der Waals surface area contributed by atoms with Crippen LogP contribution in [0.3, 0.4) is 0 Å². The number of nitrogens with zero attached hydrogens (tertiary/aromatic N) is 1. The lowest BCUT2D eigenvalue weighted by atomic mass is 10.1. The Kier molecular flexibility index (Phi) is 5.83. The molecule has 0 fully saturated rings. The van der Waals surface area contributed by atoms with Gasteiger partial charge in [0.05, 0.1) is 28.9 Å². The molecule has 0 bridgehead atoms. The van der Waals surface area contributed by atoms with Crippen molar-refractivity contribution in [2.45, 2.75) is 12.6 Å². The predicted molar refractivity (Wildman–Crippen MR) is 104 cm³/mol. The van der Waals surface area contributed by atoms with E-state index in [2.05, 4.69) is 15.6 Å². The lowest BCUT2D eigenvalue weighted by Gasteiger charge is -2.09. The second-order valence-corrected chi connectivity index (χ2v) is 6.84. The minimum Gasteiger partial charge on any atom is -0.366 e. The molecule has 1 aromatic heterocycles. The smallest absolute Gasteiger partial charge is 0.366 e. The Balaban J connectivity index is 1.65. The molecule has 0 atom stereocenters. The third-order valence-electron chi connectivity index (χ3n) is 3.80. The van der Waals surface area contributed by atoms with E-state index < -0.39 is 23.6 Å². The van der Waals surface area contributed by atoms with Crippen LogP contribution in [0.25, 0.3) is 0 Å². The molecule has 6 nitrogen and oxygen atoms in total. The van der Waals surface area contributed by atoms with E-state index >= 15 is 0 Å². The van der Waals surface area contributed by atoms with E-state index in [9.17, 15) is 22.8 Å². The summed E-state index contributed by atoms with van der Waals surface area (Å²) in [5.41, 5.74) is 5.65. The number of para-hydroxylation sites is 1. The maximum absolute atomic E-state index is 12.8. The molecule has 0 radical (unpaired) electrons. The first-order chi connectivity index (χ1) is 13.7. The van der Waals surface area contributed by atoms with Crippen molar-refractivity contribution in [1.29, 1.82) is 0 Å². The second kappa shape index (κ2) is 8.31. The van der Waals surface area contributed by atoms with Crippen molar-refractivity contribution in [1.82, 2.24) is 4.98 Å². The summed E-state index contributed by atoms with van der Waals surface area (Å²) >= 11 is 1.16. The summed E-state index contributed by atoms with van der Waals surface area (Å²) in [6.07, 6.45) is -4.51. The monoisotopic (exact) mass is 420 g/mol. The molecule has 0 saturated heterocycles. The molecule has 29 heavy (non-hydrogen) atoms. The van der Waals surface area contributed by atoms with Gasteiger partial charge in [0.25, 0.3) is 5.91 Å². The lowest BCUT2D eigenvalue weighted by Crippen LogP contribution is -2.19. The van der Waals surface area contributed by atoms with Crippen LogP contribution in [-0.2, 0) is 17.4 Å². The van der Waals surface area contributed by atoms with Crippen LogP contribution < -0.4 is 16.4 Å². The van der Waals surface area contributed by atoms with Crippen LogP contribution in [0.4, 0.5) is 29.7 Å². The number of hydrogen-bond donors (Lipinski definition) is 3. The first-order valence-corrected chi connectivity index (χ1v) is 9.18. The van der Waals surface area contributed by atoms with Gasteiger partial charge in [0, 0.05) is 11.1 Å². The van der Waals surface area contributed by atoms with Gasteiger partial charge in [-0.15, -0.1) is 11.3 Å². The molecule has 3 rings (SSSR count). The van der Waals surface area contributed by atoms with Crippen molar-refractivity contribution in [3.8, 4) is 0 Å². The topological polar surface area (TPSA) is 97.1 Å². The maximum Gasteiger partial charge on any atom is 0.416 e. The van der Waals surface area contributed by atoms with Gasteiger partial charge in [-0.25, -0.2) is 4.98 Å². The van der Waals surface area contributed by atoms with Gasteiger partial charge in [-0.1, -0.05) is 18.2 Å². The number of carbonyl (C=O) groups is 2. The van der Waals surface area contributed by atoms with Crippen molar-refractivity contribution in [2.75, 3.05) is 10.6 Å². The molecule has 0 spiro atoms.